The number of pyridine rings is 1. The molecule has 1 atom stereocenters. The quantitative estimate of drug-likeness (QED) is 0.780. The highest BCUT2D eigenvalue weighted by molar-refractivity contribution is 5.98. The van der Waals surface area contributed by atoms with Crippen LogP contribution in [-0.4, -0.2) is 72.4 Å². The average molecular weight is 435 g/mol. The molecular weight excluding hydrogens is 410 g/mol. The lowest BCUT2D eigenvalue weighted by atomic mass is 10.0. The zero-order valence-corrected chi connectivity index (χ0v) is 18.1. The zero-order chi connectivity index (χ0) is 22.8. The number of hydrogen-bond donors (Lipinski definition) is 1. The first-order valence-corrected chi connectivity index (χ1v) is 10.5. The van der Waals surface area contributed by atoms with Crippen molar-refractivity contribution in [1.29, 1.82) is 5.26 Å². The first-order valence-electron chi connectivity index (χ1n) is 10.5. The van der Waals surface area contributed by atoms with E-state index in [1.807, 2.05) is 20.0 Å². The van der Waals surface area contributed by atoms with Crippen LogP contribution in [0.2, 0.25) is 0 Å². The number of carbonyl (C=O) groups is 2. The number of nitrogens with zero attached hydrogens (tertiary/aromatic N) is 5. The second-order valence-corrected chi connectivity index (χ2v) is 8.06. The minimum atomic E-state index is -0.580. The van der Waals surface area contributed by atoms with Crippen LogP contribution in [0.4, 0.5) is 16.3 Å². The van der Waals surface area contributed by atoms with Gasteiger partial charge in [-0.2, -0.15) is 5.26 Å². The summed E-state index contributed by atoms with van der Waals surface area (Å²) in [5.41, 5.74) is 3.11. The molecule has 0 spiro atoms. The van der Waals surface area contributed by atoms with Crippen LogP contribution in [0.1, 0.15) is 27.0 Å². The SMILES string of the molecule is Cc1cnc(N2CCN(C(=O)c3ccc(N4C(=O)OC[C@H]4CO)cc3C#N)CC2)c(C)c1. The molecule has 2 aromatic rings. The molecule has 0 saturated carbocycles. The predicted octanol–water partition coefficient (Wildman–Crippen LogP) is 1.85. The number of carbonyl (C=O) groups excluding carboxylic acids is 2. The number of aliphatic hydroxyl groups is 1. The van der Waals surface area contributed by atoms with Gasteiger partial charge >= 0.3 is 6.09 Å². The molecule has 0 bridgehead atoms. The van der Waals surface area contributed by atoms with Gasteiger partial charge in [-0.25, -0.2) is 9.78 Å². The fourth-order valence-electron chi connectivity index (χ4n) is 4.20. The average Bonchev–Trinajstić information content (AvgIpc) is 3.18. The van der Waals surface area contributed by atoms with Gasteiger partial charge in [0, 0.05) is 38.1 Å². The van der Waals surface area contributed by atoms with Crippen LogP contribution in [0.3, 0.4) is 0 Å². The molecule has 2 fully saturated rings. The van der Waals surface area contributed by atoms with Gasteiger partial charge in [-0.05, 0) is 43.2 Å². The lowest BCUT2D eigenvalue weighted by Crippen LogP contribution is -2.49. The van der Waals surface area contributed by atoms with Crippen molar-refractivity contribution in [1.82, 2.24) is 9.88 Å². The van der Waals surface area contributed by atoms with E-state index < -0.39 is 12.1 Å². The maximum absolute atomic E-state index is 13.1. The van der Waals surface area contributed by atoms with Crippen LogP contribution in [0.15, 0.2) is 30.5 Å². The largest absolute Gasteiger partial charge is 0.447 e. The number of aryl methyl sites for hydroxylation is 2. The number of piperazine rings is 1. The summed E-state index contributed by atoms with van der Waals surface area (Å²) in [5, 5.41) is 19.1. The Morgan fingerprint density at radius 3 is 2.66 bits per heavy atom. The van der Waals surface area contributed by atoms with Crippen molar-refractivity contribution in [3.05, 3.63) is 52.7 Å². The molecule has 1 aromatic carbocycles. The molecule has 0 unspecified atom stereocenters. The van der Waals surface area contributed by atoms with Crippen LogP contribution in [0.5, 0.6) is 0 Å². The molecule has 0 radical (unpaired) electrons. The zero-order valence-electron chi connectivity index (χ0n) is 18.1. The third-order valence-corrected chi connectivity index (χ3v) is 5.86. The molecule has 4 rings (SSSR count). The predicted molar refractivity (Wildman–Crippen MR) is 118 cm³/mol. The summed E-state index contributed by atoms with van der Waals surface area (Å²) < 4.78 is 4.99. The van der Waals surface area contributed by atoms with E-state index in [1.165, 1.54) is 11.0 Å². The van der Waals surface area contributed by atoms with Gasteiger partial charge in [0.1, 0.15) is 18.5 Å². The van der Waals surface area contributed by atoms with Crippen LogP contribution in [0.25, 0.3) is 0 Å². The number of cyclic esters (lactones) is 1. The molecule has 32 heavy (non-hydrogen) atoms. The van der Waals surface area contributed by atoms with E-state index in [2.05, 4.69) is 22.0 Å². The number of ether oxygens (including phenoxy) is 1. The molecule has 2 saturated heterocycles. The number of aromatic nitrogens is 1. The van der Waals surface area contributed by atoms with Gasteiger partial charge in [-0.3, -0.25) is 9.69 Å². The first-order chi connectivity index (χ1) is 15.4. The van der Waals surface area contributed by atoms with Crippen LogP contribution in [-0.2, 0) is 4.74 Å². The van der Waals surface area contributed by atoms with Gasteiger partial charge in [0.25, 0.3) is 5.91 Å². The standard InChI is InChI=1S/C23H25N5O4/c1-15-9-16(2)21(25-12-15)26-5-7-27(8-6-26)22(30)20-4-3-18(10-17(20)11-24)28-19(13-29)14-32-23(28)31/h3-4,9-10,12,19,29H,5-8,13-14H2,1-2H3/t19-/m1/s1. The van der Waals surface area contributed by atoms with E-state index in [-0.39, 0.29) is 24.7 Å². The minimum Gasteiger partial charge on any atom is -0.447 e. The Labute approximate surface area is 186 Å². The summed E-state index contributed by atoms with van der Waals surface area (Å²) >= 11 is 0. The van der Waals surface area contributed by atoms with Crippen LogP contribution < -0.4 is 9.80 Å². The minimum absolute atomic E-state index is 0.0808. The Balaban J connectivity index is 1.49. The van der Waals surface area contributed by atoms with Gasteiger partial charge < -0.3 is 19.6 Å². The highest BCUT2D eigenvalue weighted by Gasteiger charge is 2.34. The van der Waals surface area contributed by atoms with Gasteiger partial charge in [0.2, 0.25) is 0 Å². The number of nitriles is 1. The van der Waals surface area contributed by atoms with Crippen molar-refractivity contribution in [2.45, 2.75) is 19.9 Å². The molecule has 9 heteroatoms. The third-order valence-electron chi connectivity index (χ3n) is 5.86. The van der Waals surface area contributed by atoms with Crippen LogP contribution >= 0.6 is 0 Å². The number of benzene rings is 1. The van der Waals surface area contributed by atoms with Crippen molar-refractivity contribution in [2.24, 2.45) is 0 Å². The normalized spacial score (nSPS) is 18.5. The number of amides is 2. The van der Waals surface area contributed by atoms with Gasteiger partial charge in [-0.15, -0.1) is 0 Å². The fourth-order valence-corrected chi connectivity index (χ4v) is 4.20. The van der Waals surface area contributed by atoms with Crippen molar-refractivity contribution in [2.75, 3.05) is 49.2 Å². The van der Waals surface area contributed by atoms with E-state index in [0.717, 1.165) is 16.9 Å². The van der Waals surface area contributed by atoms with Gasteiger partial charge in [0.05, 0.1) is 23.8 Å². The topological polar surface area (TPSA) is 110 Å². The molecule has 1 aromatic heterocycles. The summed E-state index contributed by atoms with van der Waals surface area (Å²) in [6, 6.07) is 8.32. The van der Waals surface area contributed by atoms with E-state index in [9.17, 15) is 20.0 Å². The smallest absolute Gasteiger partial charge is 0.414 e. The van der Waals surface area contributed by atoms with Crippen LogP contribution in [0, 0.1) is 25.2 Å². The number of rotatable bonds is 4. The summed E-state index contributed by atoms with van der Waals surface area (Å²) in [5.74, 6) is 0.713. The summed E-state index contributed by atoms with van der Waals surface area (Å²) in [6.07, 6.45) is 1.26. The lowest BCUT2D eigenvalue weighted by Gasteiger charge is -2.36. The monoisotopic (exact) mass is 435 g/mol. The molecule has 2 amide bonds. The number of hydrogen-bond acceptors (Lipinski definition) is 7. The molecule has 3 heterocycles. The summed E-state index contributed by atoms with van der Waals surface area (Å²) in [6.45, 7) is 6.21. The van der Waals surface area contributed by atoms with E-state index >= 15 is 0 Å². The number of anilines is 2. The third kappa shape index (κ3) is 3.97. The van der Waals surface area contributed by atoms with Crippen molar-refractivity contribution in [3.63, 3.8) is 0 Å². The van der Waals surface area contributed by atoms with E-state index in [0.29, 0.717) is 37.4 Å². The highest BCUT2D eigenvalue weighted by atomic mass is 16.6. The second-order valence-electron chi connectivity index (χ2n) is 8.06. The van der Waals surface area contributed by atoms with Gasteiger partial charge in [-0.1, -0.05) is 6.07 Å². The molecule has 9 nitrogen and oxygen atoms in total. The maximum atomic E-state index is 13.1. The Kier molecular flexibility index (Phi) is 5.97. The van der Waals surface area contributed by atoms with Crippen molar-refractivity contribution >= 4 is 23.5 Å². The molecule has 2 aliphatic rings. The number of aliphatic hydroxyl groups excluding tert-OH is 1. The maximum Gasteiger partial charge on any atom is 0.414 e. The molecule has 1 N–H and O–H groups in total. The van der Waals surface area contributed by atoms with Crippen molar-refractivity contribution < 1.29 is 19.4 Å². The molecule has 166 valence electrons. The fraction of sp³-hybridized carbons (Fsp3) is 0.391. The Bertz CT molecular complexity index is 1090. The molecule has 2 aliphatic heterocycles. The van der Waals surface area contributed by atoms with Crippen molar-refractivity contribution in [3.8, 4) is 6.07 Å². The van der Waals surface area contributed by atoms with E-state index in [1.54, 1.807) is 17.0 Å². The lowest BCUT2D eigenvalue weighted by molar-refractivity contribution is 0.0746. The second kappa shape index (κ2) is 8.85. The molecular formula is C23H25N5O4. The summed E-state index contributed by atoms with van der Waals surface area (Å²) in [7, 11) is 0. The Morgan fingerprint density at radius 2 is 2.00 bits per heavy atom. The van der Waals surface area contributed by atoms with Gasteiger partial charge in [0.15, 0.2) is 0 Å². The first kappa shape index (κ1) is 21.6. The molecule has 0 aliphatic carbocycles. The summed E-state index contributed by atoms with van der Waals surface area (Å²) in [4.78, 5) is 34.9. The Morgan fingerprint density at radius 1 is 1.25 bits per heavy atom. The Hall–Kier alpha value is -3.64. The highest BCUT2D eigenvalue weighted by Crippen LogP contribution is 2.27. The van der Waals surface area contributed by atoms with E-state index in [4.69, 9.17) is 4.74 Å².